The fraction of sp³-hybridized carbons (Fsp3) is 0.333. The molecular formula is C21H19Cl2N3O3S. The smallest absolute Gasteiger partial charge is 0.238 e. The van der Waals surface area contributed by atoms with Gasteiger partial charge in [-0.05, 0) is 42.7 Å². The van der Waals surface area contributed by atoms with E-state index in [1.54, 1.807) is 29.4 Å². The quantitative estimate of drug-likeness (QED) is 0.573. The van der Waals surface area contributed by atoms with Gasteiger partial charge in [0.05, 0.1) is 40.1 Å². The van der Waals surface area contributed by atoms with Gasteiger partial charge in [-0.25, -0.2) is 8.42 Å². The summed E-state index contributed by atoms with van der Waals surface area (Å²) in [6.45, 7) is 0.553. The second kappa shape index (κ2) is 6.70. The van der Waals surface area contributed by atoms with Crippen LogP contribution in [0.15, 0.2) is 36.7 Å². The number of hydrogen-bond donors (Lipinski definition) is 0. The summed E-state index contributed by atoms with van der Waals surface area (Å²) >= 11 is 12.6. The molecule has 1 fully saturated rings. The molecule has 0 atom stereocenters. The van der Waals surface area contributed by atoms with Crippen molar-refractivity contribution in [2.75, 3.05) is 16.9 Å². The highest BCUT2D eigenvalue weighted by Crippen LogP contribution is 2.57. The molecule has 2 aliphatic rings. The van der Waals surface area contributed by atoms with Gasteiger partial charge in [-0.3, -0.25) is 9.78 Å². The summed E-state index contributed by atoms with van der Waals surface area (Å²) in [4.78, 5) is 19.2. The van der Waals surface area contributed by atoms with E-state index in [1.807, 2.05) is 16.7 Å². The predicted octanol–water partition coefficient (Wildman–Crippen LogP) is 3.97. The van der Waals surface area contributed by atoms with Gasteiger partial charge in [0.2, 0.25) is 5.91 Å². The number of anilines is 1. The van der Waals surface area contributed by atoms with Crippen LogP contribution in [0.4, 0.5) is 5.69 Å². The maximum absolute atomic E-state index is 13.3. The largest absolute Gasteiger partial charge is 0.341 e. The van der Waals surface area contributed by atoms with Gasteiger partial charge in [-0.2, -0.15) is 0 Å². The topological polar surface area (TPSA) is 72.3 Å². The van der Waals surface area contributed by atoms with Gasteiger partial charge < -0.3 is 9.47 Å². The lowest BCUT2D eigenvalue weighted by molar-refractivity contribution is -0.120. The summed E-state index contributed by atoms with van der Waals surface area (Å²) in [5.74, 6) is 0.0493. The van der Waals surface area contributed by atoms with Gasteiger partial charge in [-0.1, -0.05) is 23.2 Å². The lowest BCUT2D eigenvalue weighted by Crippen LogP contribution is -2.32. The van der Waals surface area contributed by atoms with E-state index >= 15 is 0 Å². The molecule has 1 spiro atoms. The number of halogens is 2. The minimum atomic E-state index is -3.18. The van der Waals surface area contributed by atoms with Gasteiger partial charge in [0, 0.05) is 35.1 Å². The number of aromatic nitrogens is 2. The van der Waals surface area contributed by atoms with Crippen molar-refractivity contribution < 1.29 is 13.2 Å². The molecule has 156 valence electrons. The monoisotopic (exact) mass is 463 g/mol. The van der Waals surface area contributed by atoms with Gasteiger partial charge in [0.15, 0.2) is 0 Å². The van der Waals surface area contributed by atoms with Crippen LogP contribution in [0.3, 0.4) is 0 Å². The Kier molecular flexibility index (Phi) is 4.44. The number of benzene rings is 1. The minimum Gasteiger partial charge on any atom is -0.341 e. The molecule has 2 aromatic heterocycles. The second-order valence-corrected chi connectivity index (χ2v) is 11.2. The van der Waals surface area contributed by atoms with Crippen molar-refractivity contribution in [2.45, 2.75) is 31.3 Å². The predicted molar refractivity (Wildman–Crippen MR) is 118 cm³/mol. The molecule has 9 heteroatoms. The van der Waals surface area contributed by atoms with Crippen molar-refractivity contribution in [2.24, 2.45) is 0 Å². The van der Waals surface area contributed by atoms with Crippen LogP contribution in [0.25, 0.3) is 10.9 Å². The Hall–Kier alpha value is -2.09. The summed E-state index contributed by atoms with van der Waals surface area (Å²) in [6, 6.07) is 7.30. The number of hydrogen-bond acceptors (Lipinski definition) is 4. The standard InChI is InChI=1S/C21H19Cl2N3O3S/c1-30(28,29)7-6-25-15(9-13-8-14(22)10-17(23)19(13)25)12-26-18-11-24-5-2-16(18)21(3-4-21)20(26)27/h2,5,8-11H,3-4,6-7,12H2,1H3. The fourth-order valence-corrected chi connectivity index (χ4v) is 5.57. The van der Waals surface area contributed by atoms with Gasteiger partial charge >= 0.3 is 0 Å². The number of carbonyl (C=O) groups excluding carboxylic acids is 1. The number of amides is 1. The van der Waals surface area contributed by atoms with Crippen LogP contribution in [0.2, 0.25) is 10.0 Å². The third kappa shape index (κ3) is 3.11. The van der Waals surface area contributed by atoms with E-state index in [2.05, 4.69) is 4.98 Å². The zero-order valence-electron chi connectivity index (χ0n) is 16.2. The van der Waals surface area contributed by atoms with Crippen molar-refractivity contribution in [3.63, 3.8) is 0 Å². The zero-order chi connectivity index (χ0) is 21.3. The van der Waals surface area contributed by atoms with Crippen molar-refractivity contribution in [1.29, 1.82) is 0 Å². The van der Waals surface area contributed by atoms with Crippen LogP contribution >= 0.6 is 23.2 Å². The highest BCUT2D eigenvalue weighted by molar-refractivity contribution is 7.90. The molecule has 0 radical (unpaired) electrons. The number of nitrogens with zero attached hydrogens (tertiary/aromatic N) is 3. The van der Waals surface area contributed by atoms with E-state index in [9.17, 15) is 13.2 Å². The van der Waals surface area contributed by atoms with E-state index in [0.717, 1.165) is 40.7 Å². The average molecular weight is 464 g/mol. The molecule has 1 aliphatic carbocycles. The zero-order valence-corrected chi connectivity index (χ0v) is 18.6. The number of carbonyl (C=O) groups is 1. The number of sulfone groups is 1. The maximum atomic E-state index is 13.3. The van der Waals surface area contributed by atoms with E-state index in [1.165, 1.54) is 6.26 Å². The molecule has 5 rings (SSSR count). The van der Waals surface area contributed by atoms with Crippen LogP contribution in [-0.2, 0) is 33.1 Å². The van der Waals surface area contributed by atoms with Crippen molar-refractivity contribution >= 4 is 55.5 Å². The Morgan fingerprint density at radius 3 is 2.67 bits per heavy atom. The van der Waals surface area contributed by atoms with Crippen LogP contribution in [0.1, 0.15) is 24.1 Å². The number of pyridine rings is 1. The minimum absolute atomic E-state index is 0.0290. The van der Waals surface area contributed by atoms with E-state index in [4.69, 9.17) is 23.2 Å². The number of fused-ring (bicyclic) bond motifs is 3. The normalized spacial score (nSPS) is 17.2. The molecule has 30 heavy (non-hydrogen) atoms. The maximum Gasteiger partial charge on any atom is 0.238 e. The highest BCUT2D eigenvalue weighted by Gasteiger charge is 2.59. The van der Waals surface area contributed by atoms with Crippen LogP contribution in [0.5, 0.6) is 0 Å². The van der Waals surface area contributed by atoms with Gasteiger partial charge in [-0.15, -0.1) is 0 Å². The molecule has 3 aromatic rings. The molecule has 3 heterocycles. The summed E-state index contributed by atoms with van der Waals surface area (Å²) in [7, 11) is -3.18. The summed E-state index contributed by atoms with van der Waals surface area (Å²) in [5.41, 5.74) is 2.96. The Morgan fingerprint density at radius 1 is 1.20 bits per heavy atom. The number of rotatable bonds is 5. The number of aryl methyl sites for hydroxylation is 1. The highest BCUT2D eigenvalue weighted by atomic mass is 35.5. The first-order chi connectivity index (χ1) is 14.2. The first-order valence-electron chi connectivity index (χ1n) is 9.61. The molecule has 0 N–H and O–H groups in total. The fourth-order valence-electron chi connectivity index (χ4n) is 4.44. The third-order valence-corrected chi connectivity index (χ3v) is 7.44. The first-order valence-corrected chi connectivity index (χ1v) is 12.4. The molecule has 0 bridgehead atoms. The van der Waals surface area contributed by atoms with Crippen LogP contribution < -0.4 is 4.90 Å². The van der Waals surface area contributed by atoms with E-state index in [-0.39, 0.29) is 18.2 Å². The Labute approximate surface area is 184 Å². The van der Waals surface area contributed by atoms with Gasteiger partial charge in [0.25, 0.3) is 0 Å². The van der Waals surface area contributed by atoms with Crippen LogP contribution in [-0.4, -0.2) is 35.9 Å². The van der Waals surface area contributed by atoms with Crippen molar-refractivity contribution in [3.8, 4) is 0 Å². The summed E-state index contributed by atoms with van der Waals surface area (Å²) in [6.07, 6.45) is 6.35. The SMILES string of the molecule is CS(=O)(=O)CCn1c(CN2C(=O)C3(CC3)c3ccncc32)cc2cc(Cl)cc(Cl)c21. The van der Waals surface area contributed by atoms with Crippen molar-refractivity contribution in [3.05, 3.63) is 58.0 Å². The summed E-state index contributed by atoms with van der Waals surface area (Å²) in [5, 5.41) is 1.77. The molecule has 0 unspecified atom stereocenters. The Morgan fingerprint density at radius 2 is 1.97 bits per heavy atom. The molecular weight excluding hydrogens is 445 g/mol. The molecule has 1 saturated carbocycles. The molecule has 1 amide bonds. The van der Waals surface area contributed by atoms with E-state index < -0.39 is 15.3 Å². The third-order valence-electron chi connectivity index (χ3n) is 6.01. The second-order valence-electron chi connectivity index (χ2n) is 8.11. The van der Waals surface area contributed by atoms with Crippen molar-refractivity contribution in [1.82, 2.24) is 9.55 Å². The Bertz CT molecular complexity index is 1310. The first kappa shape index (κ1) is 19.8. The molecule has 1 aromatic carbocycles. The summed E-state index contributed by atoms with van der Waals surface area (Å²) < 4.78 is 25.5. The van der Waals surface area contributed by atoms with Gasteiger partial charge in [0.1, 0.15) is 9.84 Å². The van der Waals surface area contributed by atoms with Crippen LogP contribution in [0, 0.1) is 0 Å². The molecule has 6 nitrogen and oxygen atoms in total. The molecule has 0 saturated heterocycles. The Balaban J connectivity index is 1.61. The van der Waals surface area contributed by atoms with E-state index in [0.29, 0.717) is 16.6 Å². The molecule has 1 aliphatic heterocycles. The average Bonchev–Trinajstić information content (AvgIpc) is 3.35. The lowest BCUT2D eigenvalue weighted by Gasteiger charge is -2.20. The lowest BCUT2D eigenvalue weighted by atomic mass is 9.99.